The number of β-amino-alcohol motifs (C(OH)–C–C–N with tert-alkyl or cyclic N) is 1. The van der Waals surface area contributed by atoms with E-state index in [1.807, 2.05) is 18.7 Å². The van der Waals surface area contributed by atoms with Crippen molar-refractivity contribution in [2.75, 3.05) is 90.3 Å². The molecule has 0 radical (unpaired) electrons. The predicted molar refractivity (Wildman–Crippen MR) is 134 cm³/mol. The van der Waals surface area contributed by atoms with E-state index >= 15 is 0 Å². The molecule has 0 amide bonds. The molecule has 2 atom stereocenters. The molecule has 30 heavy (non-hydrogen) atoms. The molecule has 3 aliphatic heterocycles. The van der Waals surface area contributed by atoms with Gasteiger partial charge in [0.05, 0.1) is 38.6 Å². The number of thioether (sulfide) groups is 1. The van der Waals surface area contributed by atoms with E-state index in [1.54, 1.807) is 0 Å². The first kappa shape index (κ1) is 26.4. The van der Waals surface area contributed by atoms with Crippen molar-refractivity contribution in [2.45, 2.75) is 31.4 Å². The summed E-state index contributed by atoms with van der Waals surface area (Å²) in [6, 6.07) is 0. The second-order valence-electron chi connectivity index (χ2n) is 8.56. The van der Waals surface area contributed by atoms with E-state index in [-0.39, 0.29) is 29.5 Å². The number of aliphatic hydroxyl groups is 1. The maximum absolute atomic E-state index is 10.8. The third kappa shape index (κ3) is 7.93. The second kappa shape index (κ2) is 13.0. The Balaban J connectivity index is 0.00000320. The van der Waals surface area contributed by atoms with Gasteiger partial charge in [-0.2, -0.15) is 11.8 Å². The smallest absolute Gasteiger partial charge is 0.191 e. The quantitative estimate of drug-likeness (QED) is 0.226. The maximum Gasteiger partial charge on any atom is 0.191 e. The van der Waals surface area contributed by atoms with Gasteiger partial charge in [-0.15, -0.1) is 24.0 Å². The van der Waals surface area contributed by atoms with Gasteiger partial charge in [-0.1, -0.05) is 0 Å². The monoisotopic (exact) mass is 557 g/mol. The molecule has 2 unspecified atom stereocenters. The number of aliphatic imine (C=N–C) groups is 1. The lowest BCUT2D eigenvalue weighted by molar-refractivity contribution is -0.0181. The van der Waals surface area contributed by atoms with Gasteiger partial charge in [0.1, 0.15) is 0 Å². The molecule has 0 aromatic heterocycles. The molecule has 3 saturated heterocycles. The Morgan fingerprint density at radius 3 is 2.40 bits per heavy atom. The minimum atomic E-state index is -0.856. The van der Waals surface area contributed by atoms with Crippen LogP contribution in [0.2, 0.25) is 0 Å². The zero-order chi connectivity index (χ0) is 20.6. The molecular formula is C20H40IN5O3S. The first-order chi connectivity index (χ1) is 14.0. The third-order valence-corrected chi connectivity index (χ3v) is 7.17. The average Bonchev–Trinajstić information content (AvgIpc) is 3.21. The van der Waals surface area contributed by atoms with Gasteiger partial charge in [-0.25, -0.2) is 0 Å². The van der Waals surface area contributed by atoms with Crippen LogP contribution in [-0.4, -0.2) is 122 Å². The first-order valence-corrected chi connectivity index (χ1v) is 12.1. The third-order valence-electron chi connectivity index (χ3n) is 5.94. The minimum Gasteiger partial charge on any atom is -0.387 e. The van der Waals surface area contributed by atoms with E-state index in [1.165, 1.54) is 12.2 Å². The number of guanidine groups is 1. The molecule has 3 aliphatic rings. The van der Waals surface area contributed by atoms with Crippen molar-refractivity contribution in [3.63, 3.8) is 0 Å². The van der Waals surface area contributed by atoms with Crippen LogP contribution in [0.5, 0.6) is 0 Å². The van der Waals surface area contributed by atoms with Gasteiger partial charge in [0.2, 0.25) is 0 Å². The van der Waals surface area contributed by atoms with Crippen LogP contribution in [0.1, 0.15) is 20.3 Å². The highest BCUT2D eigenvalue weighted by Gasteiger charge is 2.40. The van der Waals surface area contributed by atoms with Crippen LogP contribution in [0.15, 0.2) is 4.99 Å². The number of nitrogens with one attached hydrogen (secondary N) is 2. The average molecular weight is 558 g/mol. The van der Waals surface area contributed by atoms with Crippen LogP contribution in [0, 0.1) is 0 Å². The number of morpholine rings is 2. The van der Waals surface area contributed by atoms with E-state index in [0.29, 0.717) is 13.1 Å². The number of nitrogens with zero attached hydrogens (tertiary/aromatic N) is 3. The number of hydrogen-bond acceptors (Lipinski definition) is 7. The van der Waals surface area contributed by atoms with Gasteiger partial charge in [-0.05, 0) is 26.0 Å². The van der Waals surface area contributed by atoms with E-state index in [0.717, 1.165) is 77.4 Å². The molecule has 176 valence electrons. The molecule has 0 saturated carbocycles. The fourth-order valence-electron chi connectivity index (χ4n) is 4.27. The zero-order valence-electron chi connectivity index (χ0n) is 18.5. The molecule has 0 aromatic carbocycles. The molecule has 3 rings (SSSR count). The van der Waals surface area contributed by atoms with E-state index < -0.39 is 5.60 Å². The molecule has 0 aliphatic carbocycles. The summed E-state index contributed by atoms with van der Waals surface area (Å²) in [5.41, 5.74) is -0.689. The number of ether oxygens (including phenoxy) is 2. The molecule has 0 aromatic rings. The largest absolute Gasteiger partial charge is 0.387 e. The Morgan fingerprint density at radius 1 is 1.13 bits per heavy atom. The van der Waals surface area contributed by atoms with Gasteiger partial charge >= 0.3 is 0 Å². The SMILES string of the molecule is CCNC(=NCC(C)(O)CN1CCOCC1)NCC1(N2CCOCC2)CCSC1.I. The molecule has 8 nitrogen and oxygen atoms in total. The molecule has 3 fully saturated rings. The van der Waals surface area contributed by atoms with Gasteiger partial charge < -0.3 is 25.2 Å². The summed E-state index contributed by atoms with van der Waals surface area (Å²) >= 11 is 2.04. The lowest BCUT2D eigenvalue weighted by Gasteiger charge is -2.43. The molecule has 3 heterocycles. The van der Waals surface area contributed by atoms with Crippen LogP contribution >= 0.6 is 35.7 Å². The second-order valence-corrected chi connectivity index (χ2v) is 9.67. The van der Waals surface area contributed by atoms with Crippen molar-refractivity contribution >= 4 is 41.7 Å². The highest BCUT2D eigenvalue weighted by atomic mass is 127. The van der Waals surface area contributed by atoms with Crippen LogP contribution in [0.4, 0.5) is 0 Å². The van der Waals surface area contributed by atoms with Crippen molar-refractivity contribution in [2.24, 2.45) is 4.99 Å². The molecule has 10 heteroatoms. The highest BCUT2D eigenvalue weighted by molar-refractivity contribution is 14.0. The fourth-order valence-corrected chi connectivity index (χ4v) is 5.74. The van der Waals surface area contributed by atoms with Crippen LogP contribution < -0.4 is 10.6 Å². The summed E-state index contributed by atoms with van der Waals surface area (Å²) < 4.78 is 11.0. The Kier molecular flexibility index (Phi) is 11.4. The summed E-state index contributed by atoms with van der Waals surface area (Å²) in [4.78, 5) is 9.58. The molecule has 0 bridgehead atoms. The summed E-state index contributed by atoms with van der Waals surface area (Å²) in [7, 11) is 0. The predicted octanol–water partition coefficient (Wildman–Crippen LogP) is 0.451. The summed E-state index contributed by atoms with van der Waals surface area (Å²) in [5, 5.41) is 17.8. The lowest BCUT2D eigenvalue weighted by atomic mass is 9.95. The van der Waals surface area contributed by atoms with Gasteiger partial charge in [0, 0.05) is 57.1 Å². The van der Waals surface area contributed by atoms with Gasteiger partial charge in [-0.3, -0.25) is 14.8 Å². The Morgan fingerprint density at radius 2 is 1.80 bits per heavy atom. The number of hydrogen-bond donors (Lipinski definition) is 3. The normalized spacial score (nSPS) is 28.6. The first-order valence-electron chi connectivity index (χ1n) is 11.0. The van der Waals surface area contributed by atoms with Crippen LogP contribution in [-0.2, 0) is 9.47 Å². The number of rotatable bonds is 8. The summed E-state index contributed by atoms with van der Waals surface area (Å²) in [5.74, 6) is 3.15. The standard InChI is InChI=1S/C20H39N5O3S.HI/c1-3-21-18(22-14-19(2,26)16-24-5-9-27-10-6-24)23-15-20(4-13-29-17-20)25-7-11-28-12-8-25;/h26H,3-17H2,1-2H3,(H2,21,22,23);1H. The van der Waals surface area contributed by atoms with Crippen molar-refractivity contribution in [3.05, 3.63) is 0 Å². The van der Waals surface area contributed by atoms with Crippen LogP contribution in [0.25, 0.3) is 0 Å². The van der Waals surface area contributed by atoms with Crippen molar-refractivity contribution in [1.82, 2.24) is 20.4 Å². The summed E-state index contributed by atoms with van der Waals surface area (Å²) in [6.07, 6.45) is 1.19. The topological polar surface area (TPSA) is 81.6 Å². The highest BCUT2D eigenvalue weighted by Crippen LogP contribution is 2.33. The van der Waals surface area contributed by atoms with Gasteiger partial charge in [0.25, 0.3) is 0 Å². The fraction of sp³-hybridized carbons (Fsp3) is 0.950. The van der Waals surface area contributed by atoms with Crippen molar-refractivity contribution < 1.29 is 14.6 Å². The Labute approximate surface area is 202 Å². The Bertz CT molecular complexity index is 523. The number of halogens is 1. The van der Waals surface area contributed by atoms with Crippen LogP contribution in [0.3, 0.4) is 0 Å². The molecule has 3 N–H and O–H groups in total. The molecule has 0 spiro atoms. The Hall–Kier alpha value is 0.150. The minimum absolute atomic E-state index is 0. The van der Waals surface area contributed by atoms with Crippen molar-refractivity contribution in [1.29, 1.82) is 0 Å². The lowest BCUT2D eigenvalue weighted by Crippen LogP contribution is -2.60. The summed E-state index contributed by atoms with van der Waals surface area (Å²) in [6.45, 7) is 13.5. The van der Waals surface area contributed by atoms with Crippen molar-refractivity contribution in [3.8, 4) is 0 Å². The zero-order valence-corrected chi connectivity index (χ0v) is 21.7. The van der Waals surface area contributed by atoms with E-state index in [9.17, 15) is 5.11 Å². The van der Waals surface area contributed by atoms with Gasteiger partial charge in [0.15, 0.2) is 5.96 Å². The molecular weight excluding hydrogens is 517 g/mol. The maximum atomic E-state index is 10.8. The van der Waals surface area contributed by atoms with E-state index in [2.05, 4.69) is 27.4 Å². The van der Waals surface area contributed by atoms with E-state index in [4.69, 9.17) is 14.5 Å².